The van der Waals surface area contributed by atoms with Crippen LogP contribution in [0.4, 0.5) is 0 Å². The first-order valence-corrected chi connectivity index (χ1v) is 10.4. The molecule has 0 unspecified atom stereocenters. The largest absolute Gasteiger partial charge is 0.490 e. The monoisotopic (exact) mass is 578 g/mol. The van der Waals surface area contributed by atoms with Crippen LogP contribution in [0.1, 0.15) is 36.2 Å². The van der Waals surface area contributed by atoms with Gasteiger partial charge in [0.25, 0.3) is 5.91 Å². The number of nitrogens with zero attached hydrogens (tertiary/aromatic N) is 1. The Hall–Kier alpha value is -1.36. The lowest BCUT2D eigenvalue weighted by molar-refractivity contribution is 0.0955. The number of benzene rings is 2. The van der Waals surface area contributed by atoms with Gasteiger partial charge in [0, 0.05) is 9.13 Å². The molecule has 0 saturated heterocycles. The summed E-state index contributed by atoms with van der Waals surface area (Å²) in [6.07, 6.45) is 2.52. The van der Waals surface area contributed by atoms with Crippen molar-refractivity contribution in [2.75, 3.05) is 13.2 Å². The van der Waals surface area contributed by atoms with Gasteiger partial charge in [0.15, 0.2) is 11.5 Å². The summed E-state index contributed by atoms with van der Waals surface area (Å²) in [4.78, 5) is 12.1. The summed E-state index contributed by atoms with van der Waals surface area (Å²) in [5.74, 6) is 1.17. The average Bonchev–Trinajstić information content (AvgIpc) is 2.62. The Kier molecular flexibility index (Phi) is 8.63. The van der Waals surface area contributed by atoms with Crippen molar-refractivity contribution in [3.8, 4) is 11.5 Å². The van der Waals surface area contributed by atoms with Crippen LogP contribution in [0.3, 0.4) is 0 Å². The maximum atomic E-state index is 12.1. The number of rotatable bonds is 8. The van der Waals surface area contributed by atoms with E-state index in [2.05, 4.69) is 62.6 Å². The lowest BCUT2D eigenvalue weighted by Crippen LogP contribution is -2.17. The van der Waals surface area contributed by atoms with E-state index < -0.39 is 0 Å². The summed E-state index contributed by atoms with van der Waals surface area (Å²) in [5, 5.41) is 4.05. The van der Waals surface area contributed by atoms with Gasteiger partial charge < -0.3 is 9.47 Å². The topological polar surface area (TPSA) is 59.9 Å². The normalized spacial score (nSPS) is 10.8. The molecule has 0 spiro atoms. The second kappa shape index (κ2) is 10.7. The van der Waals surface area contributed by atoms with Crippen LogP contribution in [-0.2, 0) is 0 Å². The summed E-state index contributed by atoms with van der Waals surface area (Å²) in [5.41, 5.74) is 3.93. The van der Waals surface area contributed by atoms with Gasteiger partial charge >= 0.3 is 0 Å². The number of carbonyl (C=O) groups excluding carboxylic acids is 1. The van der Waals surface area contributed by atoms with E-state index in [1.54, 1.807) is 18.3 Å². The van der Waals surface area contributed by atoms with E-state index in [0.717, 1.165) is 24.9 Å². The lowest BCUT2D eigenvalue weighted by Gasteiger charge is -2.14. The highest BCUT2D eigenvalue weighted by atomic mass is 127. The van der Waals surface area contributed by atoms with Gasteiger partial charge in [-0.1, -0.05) is 6.92 Å². The summed E-state index contributed by atoms with van der Waals surface area (Å²) in [7, 11) is 0. The van der Waals surface area contributed by atoms with Crippen LogP contribution in [0.5, 0.6) is 11.5 Å². The van der Waals surface area contributed by atoms with Crippen molar-refractivity contribution >= 4 is 57.3 Å². The van der Waals surface area contributed by atoms with E-state index in [4.69, 9.17) is 9.47 Å². The molecule has 0 aromatic heterocycles. The molecule has 0 aliphatic heterocycles. The van der Waals surface area contributed by atoms with E-state index in [9.17, 15) is 4.79 Å². The number of amides is 1. The summed E-state index contributed by atoms with van der Waals surface area (Å²) in [6, 6.07) is 11.1. The van der Waals surface area contributed by atoms with Crippen LogP contribution in [0.2, 0.25) is 0 Å². The average molecular weight is 578 g/mol. The molecule has 138 valence electrons. The fourth-order valence-corrected chi connectivity index (χ4v) is 3.24. The van der Waals surface area contributed by atoms with E-state index in [1.165, 1.54) is 0 Å². The molecule has 0 heterocycles. The Morgan fingerprint density at radius 2 is 1.88 bits per heavy atom. The van der Waals surface area contributed by atoms with Gasteiger partial charge in [0.2, 0.25) is 0 Å². The third-order valence-electron chi connectivity index (χ3n) is 3.27. The molecule has 26 heavy (non-hydrogen) atoms. The van der Waals surface area contributed by atoms with Crippen LogP contribution >= 0.6 is 45.2 Å². The zero-order valence-electron chi connectivity index (χ0n) is 14.6. The van der Waals surface area contributed by atoms with Crippen molar-refractivity contribution in [3.05, 3.63) is 54.7 Å². The zero-order chi connectivity index (χ0) is 18.9. The number of hydrazone groups is 1. The lowest BCUT2D eigenvalue weighted by atomic mass is 10.2. The van der Waals surface area contributed by atoms with E-state index in [1.807, 2.05) is 31.2 Å². The van der Waals surface area contributed by atoms with Crippen LogP contribution in [0.25, 0.3) is 0 Å². The Labute approximate surface area is 180 Å². The summed E-state index contributed by atoms with van der Waals surface area (Å²) < 4.78 is 13.5. The molecule has 0 saturated carbocycles. The Balaban J connectivity index is 2.11. The predicted octanol–water partition coefficient (Wildman–Crippen LogP) is 4.85. The molecule has 0 fully saturated rings. The highest BCUT2D eigenvalue weighted by molar-refractivity contribution is 14.1. The van der Waals surface area contributed by atoms with Crippen molar-refractivity contribution in [1.82, 2.24) is 5.43 Å². The van der Waals surface area contributed by atoms with Gasteiger partial charge in [-0.2, -0.15) is 5.10 Å². The molecule has 2 rings (SSSR count). The molecule has 1 amide bonds. The second-order valence-electron chi connectivity index (χ2n) is 5.32. The predicted molar refractivity (Wildman–Crippen MR) is 120 cm³/mol. The minimum Gasteiger partial charge on any atom is -0.490 e. The molecule has 7 heteroatoms. The highest BCUT2D eigenvalue weighted by Crippen LogP contribution is 2.34. The van der Waals surface area contributed by atoms with Gasteiger partial charge in [-0.15, -0.1) is 0 Å². The van der Waals surface area contributed by atoms with Crippen LogP contribution in [-0.4, -0.2) is 25.3 Å². The number of ether oxygens (including phenoxy) is 2. The van der Waals surface area contributed by atoms with Gasteiger partial charge in [0.05, 0.1) is 23.0 Å². The molecule has 0 aliphatic carbocycles. The van der Waals surface area contributed by atoms with Crippen molar-refractivity contribution in [3.63, 3.8) is 0 Å². The quantitative estimate of drug-likeness (QED) is 0.277. The molecule has 5 nitrogen and oxygen atoms in total. The zero-order valence-corrected chi connectivity index (χ0v) is 18.9. The molecule has 2 aromatic rings. The molecule has 0 atom stereocenters. The summed E-state index contributed by atoms with van der Waals surface area (Å²) in [6.45, 7) is 5.17. The third kappa shape index (κ3) is 6.11. The van der Waals surface area contributed by atoms with Crippen LogP contribution < -0.4 is 14.9 Å². The minimum atomic E-state index is -0.250. The standard InChI is InChI=1S/C19H20I2N2O3/c1-3-9-26-18-16(21)10-13(11-17(18)25-4-2)12-22-23-19(24)14-5-7-15(20)8-6-14/h5-8,10-12H,3-4,9H2,1-2H3,(H,23,24)/b22-12-. The number of halogens is 2. The van der Waals surface area contributed by atoms with Crippen molar-refractivity contribution in [2.45, 2.75) is 20.3 Å². The first-order valence-electron chi connectivity index (χ1n) is 8.23. The number of nitrogens with one attached hydrogen (secondary N) is 1. The number of hydrogen-bond donors (Lipinski definition) is 1. The molecular formula is C19H20I2N2O3. The first-order chi connectivity index (χ1) is 12.5. The Bertz CT molecular complexity index is 777. The second-order valence-corrected chi connectivity index (χ2v) is 7.73. The number of carbonyl (C=O) groups is 1. The fraction of sp³-hybridized carbons (Fsp3) is 0.263. The molecule has 0 radical (unpaired) electrons. The maximum absolute atomic E-state index is 12.1. The Morgan fingerprint density at radius 3 is 2.54 bits per heavy atom. The fourth-order valence-electron chi connectivity index (χ4n) is 2.10. The highest BCUT2D eigenvalue weighted by Gasteiger charge is 2.11. The summed E-state index contributed by atoms with van der Waals surface area (Å²) >= 11 is 4.41. The molecule has 0 aliphatic rings. The minimum absolute atomic E-state index is 0.250. The van der Waals surface area contributed by atoms with Crippen molar-refractivity contribution < 1.29 is 14.3 Å². The van der Waals surface area contributed by atoms with E-state index in [0.29, 0.717) is 24.5 Å². The maximum Gasteiger partial charge on any atom is 0.271 e. The van der Waals surface area contributed by atoms with E-state index in [-0.39, 0.29) is 5.91 Å². The van der Waals surface area contributed by atoms with Crippen LogP contribution in [0.15, 0.2) is 41.5 Å². The SMILES string of the molecule is CCCOc1c(I)cc(/C=N\NC(=O)c2ccc(I)cc2)cc1OCC. The van der Waals surface area contributed by atoms with Crippen LogP contribution in [0, 0.1) is 7.14 Å². The van der Waals surface area contributed by atoms with E-state index >= 15 is 0 Å². The van der Waals surface area contributed by atoms with Gasteiger partial charge in [-0.25, -0.2) is 5.43 Å². The Morgan fingerprint density at radius 1 is 1.15 bits per heavy atom. The molecular weight excluding hydrogens is 558 g/mol. The number of hydrogen-bond acceptors (Lipinski definition) is 4. The third-order valence-corrected chi connectivity index (χ3v) is 4.79. The first kappa shape index (κ1) is 20.9. The molecule has 1 N–H and O–H groups in total. The van der Waals surface area contributed by atoms with Gasteiger partial charge in [0.1, 0.15) is 0 Å². The smallest absolute Gasteiger partial charge is 0.271 e. The molecule has 0 bridgehead atoms. The molecule has 2 aromatic carbocycles. The van der Waals surface area contributed by atoms with Crippen molar-refractivity contribution in [2.24, 2.45) is 5.10 Å². The van der Waals surface area contributed by atoms with Gasteiger partial charge in [-0.05, 0) is 100 Å². The van der Waals surface area contributed by atoms with Crippen molar-refractivity contribution in [1.29, 1.82) is 0 Å². The van der Waals surface area contributed by atoms with Gasteiger partial charge in [-0.3, -0.25) is 4.79 Å².